The molecule has 29 nitrogen and oxygen atoms in total. The van der Waals surface area contributed by atoms with E-state index in [1.165, 1.54) is 0 Å². The Labute approximate surface area is 447 Å². The van der Waals surface area contributed by atoms with E-state index in [-0.39, 0.29) is 102 Å². The summed E-state index contributed by atoms with van der Waals surface area (Å²) in [6.07, 6.45) is -0.486. The highest BCUT2D eigenvalue weighted by molar-refractivity contribution is 8.01. The Morgan fingerprint density at radius 3 is 1.75 bits per heavy atom. The topological polar surface area (TPSA) is 425 Å². The minimum absolute atomic E-state index is 0.0153. The van der Waals surface area contributed by atoms with E-state index in [4.69, 9.17) is 11.1 Å². The van der Waals surface area contributed by atoms with Gasteiger partial charge in [0.25, 0.3) is 0 Å². The standard InChI is InChI=1S/C47H70N14O15S/c48-47(49)52-12-6-10-30-42(72)53-24-35(62)54-33(22-39(66)67)45(75)57-32(21-29-7-2-1-3-8-29)44(74)56-31(43(73)55-30)9-4-5-11-50-37(64)28-77-34-23-38(65)61(46(34)76)14-13-51-36(63)25-58-15-17-59(26-40(68)69)19-20-60(18-16-58)27-41(70)71/h1-3,7-8,30-34H,4-6,9-28H2,(H,50,64)(H,51,63)(H,53,72)(H,54,62)(H,55,73)(H,56,74)(H,57,75)(H,66,67)(H,68,69)(H,70,71)(H4,48,49,52)/t30-,31+,32-,33-,34?/m0/s1. The van der Waals surface area contributed by atoms with Gasteiger partial charge < -0.3 is 63.6 Å². The number of thioether (sulfide) groups is 1. The van der Waals surface area contributed by atoms with Gasteiger partial charge in [0.15, 0.2) is 5.96 Å². The Kier molecular flexibility index (Phi) is 26.0. The average molecular weight is 1100 g/mol. The molecular formula is C47H70N14O15S. The van der Waals surface area contributed by atoms with E-state index in [2.05, 4.69) is 42.5 Å². The summed E-state index contributed by atoms with van der Waals surface area (Å²) in [6, 6.07) is 2.87. The quantitative estimate of drug-likeness (QED) is 0.0188. The third-order valence-corrected chi connectivity index (χ3v) is 13.6. The molecule has 1 unspecified atom stereocenters. The highest BCUT2D eigenvalue weighted by Crippen LogP contribution is 2.25. The summed E-state index contributed by atoms with van der Waals surface area (Å²) < 4.78 is 0. The Morgan fingerprint density at radius 1 is 0.623 bits per heavy atom. The Bertz CT molecular complexity index is 2270. The van der Waals surface area contributed by atoms with Gasteiger partial charge in [-0.1, -0.05) is 30.3 Å². The highest BCUT2D eigenvalue weighted by Gasteiger charge is 2.39. The van der Waals surface area contributed by atoms with Gasteiger partial charge in [0.05, 0.1) is 43.6 Å². The maximum absolute atomic E-state index is 14.0. The predicted octanol–water partition coefficient (Wildman–Crippen LogP) is -5.61. The zero-order chi connectivity index (χ0) is 56.4. The smallest absolute Gasteiger partial charge is 0.317 e. The molecule has 3 saturated heterocycles. The van der Waals surface area contributed by atoms with Crippen molar-refractivity contribution in [3.8, 4) is 0 Å². The zero-order valence-corrected chi connectivity index (χ0v) is 43.4. The van der Waals surface area contributed by atoms with E-state index < -0.39 is 113 Å². The molecule has 14 N–H and O–H groups in total. The third-order valence-electron chi connectivity index (χ3n) is 12.4. The number of carbonyl (C=O) groups is 12. The van der Waals surface area contributed by atoms with Crippen molar-refractivity contribution in [3.63, 3.8) is 0 Å². The number of nitrogens with two attached hydrogens (primary N) is 1. The maximum Gasteiger partial charge on any atom is 0.317 e. The van der Waals surface area contributed by atoms with Crippen LogP contribution in [0.5, 0.6) is 0 Å². The molecule has 30 heteroatoms. The number of guanidine groups is 1. The van der Waals surface area contributed by atoms with Crippen molar-refractivity contribution in [2.75, 3.05) is 97.4 Å². The maximum atomic E-state index is 14.0. The van der Waals surface area contributed by atoms with Crippen LogP contribution in [-0.4, -0.2) is 239 Å². The number of hydrogen-bond donors (Lipinski definition) is 13. The van der Waals surface area contributed by atoms with Crippen molar-refractivity contribution in [2.24, 2.45) is 5.73 Å². The number of hydrogen-bond acceptors (Lipinski definition) is 17. The number of imide groups is 1. The average Bonchev–Trinajstić information content (AvgIpc) is 3.67. The van der Waals surface area contributed by atoms with E-state index in [1.807, 2.05) is 0 Å². The van der Waals surface area contributed by atoms with Crippen LogP contribution in [0.2, 0.25) is 0 Å². The van der Waals surface area contributed by atoms with Crippen molar-refractivity contribution < 1.29 is 72.9 Å². The number of benzene rings is 1. The SMILES string of the molecule is N=C(N)NCCC[C@@H]1NC(=O)[C@@H](CCCCNC(=O)CSC2CC(=O)N(CCNC(=O)CN3CCN(CC(=O)O)CCN(CC(=O)O)CC3)C2=O)NC(=O)[C@H](Cc2ccccc2)NC(=O)[C@H](CC(=O)O)NC(=O)CNC1=O. The lowest BCUT2D eigenvalue weighted by Crippen LogP contribution is -2.58. The first-order chi connectivity index (χ1) is 36.7. The van der Waals surface area contributed by atoms with Gasteiger partial charge in [-0.2, -0.15) is 0 Å². The number of unbranched alkanes of at least 4 members (excludes halogenated alkanes) is 1. The molecule has 0 bridgehead atoms. The van der Waals surface area contributed by atoms with Crippen LogP contribution in [0.15, 0.2) is 30.3 Å². The summed E-state index contributed by atoms with van der Waals surface area (Å²) in [5, 5.41) is 55.2. The number of carboxylic acid groups (broad SMARTS) is 3. The van der Waals surface area contributed by atoms with Crippen LogP contribution < -0.4 is 48.3 Å². The highest BCUT2D eigenvalue weighted by atomic mass is 32.2. The van der Waals surface area contributed by atoms with Crippen molar-refractivity contribution in [3.05, 3.63) is 35.9 Å². The molecule has 3 fully saturated rings. The van der Waals surface area contributed by atoms with Crippen molar-refractivity contribution in [2.45, 2.75) is 80.8 Å². The fourth-order valence-corrected chi connectivity index (χ4v) is 9.40. The third kappa shape index (κ3) is 23.1. The number of carbonyl (C=O) groups excluding carboxylic acids is 9. The molecule has 3 aliphatic heterocycles. The van der Waals surface area contributed by atoms with Gasteiger partial charge in [-0.25, -0.2) is 0 Å². The first-order valence-electron chi connectivity index (χ1n) is 25.1. The lowest BCUT2D eigenvalue weighted by molar-refractivity contribution is -0.141. The first-order valence-corrected chi connectivity index (χ1v) is 26.1. The number of nitrogens with zero attached hydrogens (tertiary/aromatic N) is 4. The summed E-state index contributed by atoms with van der Waals surface area (Å²) >= 11 is 0.964. The molecule has 5 atom stereocenters. The number of likely N-dealkylation sites (tertiary alicyclic amines) is 1. The first kappa shape index (κ1) is 62.1. The molecule has 3 aliphatic rings. The molecule has 0 radical (unpaired) electrons. The van der Waals surface area contributed by atoms with Crippen LogP contribution in [0.4, 0.5) is 0 Å². The van der Waals surface area contributed by atoms with Crippen LogP contribution in [-0.2, 0) is 64.0 Å². The molecule has 1 aromatic rings. The van der Waals surface area contributed by atoms with E-state index in [9.17, 15) is 72.9 Å². The van der Waals surface area contributed by atoms with Crippen LogP contribution in [0.3, 0.4) is 0 Å². The van der Waals surface area contributed by atoms with Gasteiger partial charge in [0.1, 0.15) is 24.2 Å². The molecule has 4 rings (SSSR count). The lowest BCUT2D eigenvalue weighted by Gasteiger charge is -2.26. The van der Waals surface area contributed by atoms with Crippen LogP contribution in [0.1, 0.15) is 50.5 Å². The second-order valence-electron chi connectivity index (χ2n) is 18.5. The van der Waals surface area contributed by atoms with Gasteiger partial charge in [-0.3, -0.25) is 82.5 Å². The molecule has 77 heavy (non-hydrogen) atoms. The molecule has 3 heterocycles. The van der Waals surface area contributed by atoms with Crippen LogP contribution in [0, 0.1) is 5.41 Å². The summed E-state index contributed by atoms with van der Waals surface area (Å²) in [5.41, 5.74) is 5.97. The fourth-order valence-electron chi connectivity index (χ4n) is 8.42. The molecule has 0 saturated carbocycles. The summed E-state index contributed by atoms with van der Waals surface area (Å²) in [6.45, 7) is 0.797. The number of rotatable bonds is 25. The molecule has 0 aliphatic carbocycles. The van der Waals surface area contributed by atoms with E-state index in [1.54, 1.807) is 45.0 Å². The summed E-state index contributed by atoms with van der Waals surface area (Å²) in [4.78, 5) is 160. The summed E-state index contributed by atoms with van der Waals surface area (Å²) in [7, 11) is 0. The minimum atomic E-state index is -1.65. The van der Waals surface area contributed by atoms with Crippen molar-refractivity contribution in [1.82, 2.24) is 62.1 Å². The molecule has 1 aromatic carbocycles. The molecular weight excluding hydrogens is 1030 g/mol. The van der Waals surface area contributed by atoms with Crippen LogP contribution >= 0.6 is 11.8 Å². The van der Waals surface area contributed by atoms with Gasteiger partial charge >= 0.3 is 17.9 Å². The summed E-state index contributed by atoms with van der Waals surface area (Å²) in [5.74, 6) is -10.3. The lowest BCUT2D eigenvalue weighted by atomic mass is 10.0. The minimum Gasteiger partial charge on any atom is -0.481 e. The van der Waals surface area contributed by atoms with Gasteiger partial charge in [0.2, 0.25) is 53.2 Å². The number of aliphatic carboxylic acids is 3. The number of amides is 9. The predicted molar refractivity (Wildman–Crippen MR) is 274 cm³/mol. The normalized spacial score (nSPS) is 21.8. The van der Waals surface area contributed by atoms with Gasteiger partial charge in [-0.15, -0.1) is 11.8 Å². The molecule has 424 valence electrons. The zero-order valence-electron chi connectivity index (χ0n) is 42.6. The van der Waals surface area contributed by atoms with Crippen LogP contribution in [0.25, 0.3) is 0 Å². The van der Waals surface area contributed by atoms with Gasteiger partial charge in [-0.05, 0) is 37.7 Å². The van der Waals surface area contributed by atoms with E-state index in [0.29, 0.717) is 44.8 Å². The van der Waals surface area contributed by atoms with Crippen molar-refractivity contribution in [1.29, 1.82) is 5.41 Å². The molecule has 0 aromatic heterocycles. The fraction of sp³-hybridized carbons (Fsp3) is 0.596. The second-order valence-corrected chi connectivity index (χ2v) is 19.7. The van der Waals surface area contributed by atoms with Crippen molar-refractivity contribution >= 4 is 88.8 Å². The van der Waals surface area contributed by atoms with E-state index >= 15 is 0 Å². The number of carboxylic acids is 3. The Morgan fingerprint density at radius 2 is 1.16 bits per heavy atom. The van der Waals surface area contributed by atoms with Gasteiger partial charge in [0, 0.05) is 78.3 Å². The number of nitrogens with one attached hydrogen (secondary N) is 9. The molecule has 0 spiro atoms. The monoisotopic (exact) mass is 1100 g/mol. The second kappa shape index (κ2) is 32.2. The van der Waals surface area contributed by atoms with E-state index in [0.717, 1.165) is 16.7 Å². The molecule has 9 amide bonds. The Hall–Kier alpha value is -7.44. The largest absolute Gasteiger partial charge is 0.481 e. The Balaban J connectivity index is 1.31.